The summed E-state index contributed by atoms with van der Waals surface area (Å²) in [5.74, 6) is -0.113. The Morgan fingerprint density at radius 1 is 1.11 bits per heavy atom. The van der Waals surface area contributed by atoms with Gasteiger partial charge in [0.25, 0.3) is 0 Å². The lowest BCUT2D eigenvalue weighted by molar-refractivity contribution is -0.128. The number of aromatic nitrogens is 2. The molecule has 0 atom stereocenters. The quantitative estimate of drug-likeness (QED) is 0.620. The first kappa shape index (κ1) is 12.7. The lowest BCUT2D eigenvalue weighted by Gasteiger charge is -2.00. The van der Waals surface area contributed by atoms with Crippen LogP contribution in [0, 0.1) is 0 Å². The van der Waals surface area contributed by atoms with E-state index in [4.69, 9.17) is 4.74 Å². The van der Waals surface area contributed by atoms with Crippen molar-refractivity contribution in [1.29, 1.82) is 0 Å². The number of carbonyl (C=O) groups excluding carboxylic acids is 1. The third-order valence-electron chi connectivity index (χ3n) is 2.26. The van der Waals surface area contributed by atoms with E-state index in [1.54, 1.807) is 18.3 Å². The lowest BCUT2D eigenvalue weighted by Crippen LogP contribution is -2.03. The van der Waals surface area contributed by atoms with Gasteiger partial charge in [0.05, 0.1) is 17.6 Å². The largest absolute Gasteiger partial charge is 0.422 e. The van der Waals surface area contributed by atoms with Gasteiger partial charge in [0, 0.05) is 12.3 Å². The second kappa shape index (κ2) is 6.26. The van der Waals surface area contributed by atoms with Gasteiger partial charge in [0.1, 0.15) is 5.75 Å². The zero-order chi connectivity index (χ0) is 13.5. The third kappa shape index (κ3) is 3.89. The molecule has 4 heteroatoms. The molecule has 0 fully saturated rings. The van der Waals surface area contributed by atoms with Crippen LogP contribution < -0.4 is 4.74 Å². The number of hydrogen-bond donors (Lipinski definition) is 0. The molecular formula is C15H12N2O2. The highest BCUT2D eigenvalue weighted by molar-refractivity contribution is 5.83. The summed E-state index contributed by atoms with van der Waals surface area (Å²) in [5, 5.41) is 0. The summed E-state index contributed by atoms with van der Waals surface area (Å²) in [6.07, 6.45) is 8.01. The first-order valence-electron chi connectivity index (χ1n) is 5.67. The molecule has 0 saturated carbocycles. The summed E-state index contributed by atoms with van der Waals surface area (Å²) >= 11 is 0. The van der Waals surface area contributed by atoms with Crippen molar-refractivity contribution in [1.82, 2.24) is 9.97 Å². The van der Waals surface area contributed by atoms with Crippen molar-refractivity contribution in [3.63, 3.8) is 0 Å². The molecule has 0 amide bonds. The van der Waals surface area contributed by atoms with Crippen LogP contribution in [0.15, 0.2) is 55.4 Å². The molecule has 0 aliphatic heterocycles. The maximum atomic E-state index is 11.0. The van der Waals surface area contributed by atoms with Gasteiger partial charge in [-0.25, -0.2) is 4.79 Å². The Hall–Kier alpha value is -2.75. The smallest absolute Gasteiger partial charge is 0.335 e. The van der Waals surface area contributed by atoms with E-state index in [9.17, 15) is 4.79 Å². The molecule has 0 N–H and O–H groups in total. The summed E-state index contributed by atoms with van der Waals surface area (Å²) in [5.41, 5.74) is 1.61. The Labute approximate surface area is 111 Å². The van der Waals surface area contributed by atoms with Gasteiger partial charge in [-0.2, -0.15) is 0 Å². The molecule has 2 aromatic heterocycles. The first-order chi connectivity index (χ1) is 9.28. The molecule has 94 valence electrons. The van der Waals surface area contributed by atoms with Crippen LogP contribution in [-0.4, -0.2) is 15.9 Å². The Kier molecular flexibility index (Phi) is 4.18. The van der Waals surface area contributed by atoms with Crippen LogP contribution >= 0.6 is 0 Å². The van der Waals surface area contributed by atoms with Crippen molar-refractivity contribution in [3.05, 3.63) is 66.8 Å². The molecule has 2 heterocycles. The molecule has 0 radical (unpaired) electrons. The standard InChI is InChI=1S/C15H12N2O2/c1-2-15(18)19-14-9-8-13(17-11-14)7-6-12-5-3-4-10-16-12/h2-11H,1H2/b7-6+. The number of pyridine rings is 2. The van der Waals surface area contributed by atoms with Crippen molar-refractivity contribution < 1.29 is 9.53 Å². The van der Waals surface area contributed by atoms with Crippen LogP contribution in [-0.2, 0) is 4.79 Å². The van der Waals surface area contributed by atoms with E-state index in [0.29, 0.717) is 5.75 Å². The van der Waals surface area contributed by atoms with Gasteiger partial charge in [-0.15, -0.1) is 0 Å². The van der Waals surface area contributed by atoms with Crippen molar-refractivity contribution in [2.24, 2.45) is 0 Å². The van der Waals surface area contributed by atoms with Gasteiger partial charge in [0.2, 0.25) is 0 Å². The fourth-order valence-corrected chi connectivity index (χ4v) is 1.35. The normalized spacial score (nSPS) is 10.3. The predicted molar refractivity (Wildman–Crippen MR) is 73.2 cm³/mol. The number of rotatable bonds is 4. The minimum absolute atomic E-state index is 0.389. The maximum Gasteiger partial charge on any atom is 0.335 e. The molecule has 0 bridgehead atoms. The molecule has 19 heavy (non-hydrogen) atoms. The second-order valence-electron chi connectivity index (χ2n) is 3.63. The summed E-state index contributed by atoms with van der Waals surface area (Å²) in [6.45, 7) is 3.32. The fraction of sp³-hybridized carbons (Fsp3) is 0. The number of carbonyl (C=O) groups is 1. The topological polar surface area (TPSA) is 52.1 Å². The average Bonchev–Trinajstić information content (AvgIpc) is 2.47. The van der Waals surface area contributed by atoms with Crippen molar-refractivity contribution in [2.75, 3.05) is 0 Å². The van der Waals surface area contributed by atoms with E-state index >= 15 is 0 Å². The van der Waals surface area contributed by atoms with Gasteiger partial charge < -0.3 is 4.74 Å². The molecule has 0 aromatic carbocycles. The van der Waals surface area contributed by atoms with Crippen LogP contribution in [0.1, 0.15) is 11.4 Å². The summed E-state index contributed by atoms with van der Waals surface area (Å²) in [4.78, 5) is 19.3. The molecule has 2 aromatic rings. The first-order valence-corrected chi connectivity index (χ1v) is 5.67. The summed E-state index contributed by atoms with van der Waals surface area (Å²) in [7, 11) is 0. The van der Waals surface area contributed by atoms with Gasteiger partial charge in [0.15, 0.2) is 0 Å². The second-order valence-corrected chi connectivity index (χ2v) is 3.63. The Morgan fingerprint density at radius 3 is 2.47 bits per heavy atom. The summed E-state index contributed by atoms with van der Waals surface area (Å²) in [6, 6.07) is 9.10. The molecule has 0 aliphatic carbocycles. The number of ether oxygens (including phenoxy) is 1. The highest BCUT2D eigenvalue weighted by Crippen LogP contribution is 2.11. The molecule has 0 saturated heterocycles. The SMILES string of the molecule is C=CC(=O)Oc1ccc(/C=C/c2ccccn2)nc1. The maximum absolute atomic E-state index is 11.0. The molecule has 0 unspecified atom stereocenters. The van der Waals surface area contributed by atoms with E-state index in [1.165, 1.54) is 6.20 Å². The van der Waals surface area contributed by atoms with Crippen LogP contribution in [0.3, 0.4) is 0 Å². The molecular weight excluding hydrogens is 240 g/mol. The Morgan fingerprint density at radius 2 is 1.89 bits per heavy atom. The number of nitrogens with zero attached hydrogens (tertiary/aromatic N) is 2. The van der Waals surface area contributed by atoms with Crippen LogP contribution in [0.25, 0.3) is 12.2 Å². The van der Waals surface area contributed by atoms with Gasteiger partial charge in [-0.3, -0.25) is 9.97 Å². The van der Waals surface area contributed by atoms with E-state index < -0.39 is 5.97 Å². The molecule has 4 nitrogen and oxygen atoms in total. The zero-order valence-electron chi connectivity index (χ0n) is 10.2. The minimum atomic E-state index is -0.501. The Bertz CT molecular complexity index is 589. The van der Waals surface area contributed by atoms with E-state index in [1.807, 2.05) is 30.4 Å². The van der Waals surface area contributed by atoms with Crippen LogP contribution in [0.4, 0.5) is 0 Å². The zero-order valence-corrected chi connectivity index (χ0v) is 10.2. The predicted octanol–water partition coefficient (Wildman–Crippen LogP) is 2.74. The van der Waals surface area contributed by atoms with Gasteiger partial charge in [-0.1, -0.05) is 12.6 Å². The average molecular weight is 252 g/mol. The van der Waals surface area contributed by atoms with E-state index in [2.05, 4.69) is 16.5 Å². The van der Waals surface area contributed by atoms with E-state index in [-0.39, 0.29) is 0 Å². The van der Waals surface area contributed by atoms with Gasteiger partial charge in [-0.05, 0) is 36.4 Å². The van der Waals surface area contributed by atoms with Crippen LogP contribution in [0.5, 0.6) is 5.75 Å². The lowest BCUT2D eigenvalue weighted by atomic mass is 10.3. The Balaban J connectivity index is 2.05. The molecule has 0 spiro atoms. The van der Waals surface area contributed by atoms with Crippen molar-refractivity contribution in [2.45, 2.75) is 0 Å². The monoisotopic (exact) mass is 252 g/mol. The third-order valence-corrected chi connectivity index (χ3v) is 2.26. The molecule has 0 aliphatic rings. The highest BCUT2D eigenvalue weighted by atomic mass is 16.5. The van der Waals surface area contributed by atoms with E-state index in [0.717, 1.165) is 17.5 Å². The van der Waals surface area contributed by atoms with Crippen LogP contribution in [0.2, 0.25) is 0 Å². The number of hydrogen-bond acceptors (Lipinski definition) is 4. The fourth-order valence-electron chi connectivity index (χ4n) is 1.35. The minimum Gasteiger partial charge on any atom is -0.422 e. The number of esters is 1. The van der Waals surface area contributed by atoms with Gasteiger partial charge >= 0.3 is 5.97 Å². The highest BCUT2D eigenvalue weighted by Gasteiger charge is 1.99. The summed E-state index contributed by atoms with van der Waals surface area (Å²) < 4.78 is 4.93. The van der Waals surface area contributed by atoms with Crippen molar-refractivity contribution >= 4 is 18.1 Å². The molecule has 2 rings (SSSR count). The van der Waals surface area contributed by atoms with Crippen molar-refractivity contribution in [3.8, 4) is 5.75 Å².